The maximum absolute atomic E-state index is 12.1. The molecule has 2 fully saturated rings. The normalized spacial score (nSPS) is 30.3. The molecule has 1 amide bonds. The van der Waals surface area contributed by atoms with Crippen LogP contribution in [0, 0.1) is 5.92 Å². The van der Waals surface area contributed by atoms with Crippen LogP contribution < -0.4 is 5.32 Å². The number of carbonyl (C=O) groups excluding carboxylic acids is 1. The molecule has 0 aromatic rings. The molecule has 134 valence electrons. The van der Waals surface area contributed by atoms with Crippen molar-refractivity contribution in [3.05, 3.63) is 0 Å². The van der Waals surface area contributed by atoms with Gasteiger partial charge in [-0.3, -0.25) is 9.69 Å². The molecule has 2 rings (SSSR count). The second kappa shape index (κ2) is 9.60. The van der Waals surface area contributed by atoms with Crippen molar-refractivity contribution in [2.24, 2.45) is 5.92 Å². The Labute approximate surface area is 140 Å². The molecule has 2 aliphatic rings. The lowest BCUT2D eigenvalue weighted by atomic mass is 9.88. The lowest BCUT2D eigenvalue weighted by Crippen LogP contribution is -2.41. The summed E-state index contributed by atoms with van der Waals surface area (Å²) >= 11 is 0. The Hall–Kier alpha value is -0.650. The van der Waals surface area contributed by atoms with E-state index in [1.807, 2.05) is 6.92 Å². The van der Waals surface area contributed by atoms with E-state index in [1.165, 1.54) is 19.3 Å². The summed E-state index contributed by atoms with van der Waals surface area (Å²) in [6.45, 7) is 6.69. The Morgan fingerprint density at radius 2 is 2.09 bits per heavy atom. The minimum Gasteiger partial charge on any atom is -0.393 e. The van der Waals surface area contributed by atoms with Gasteiger partial charge >= 0.3 is 0 Å². The number of hydrogen-bond donors (Lipinski definition) is 2. The van der Waals surface area contributed by atoms with E-state index in [4.69, 9.17) is 4.74 Å². The summed E-state index contributed by atoms with van der Waals surface area (Å²) in [5, 5.41) is 12.5. The van der Waals surface area contributed by atoms with E-state index >= 15 is 0 Å². The lowest BCUT2D eigenvalue weighted by Gasteiger charge is -2.29. The first-order valence-electron chi connectivity index (χ1n) is 9.36. The number of aliphatic hydroxyl groups excluding tert-OH is 1. The first-order valence-corrected chi connectivity index (χ1v) is 9.36. The van der Waals surface area contributed by atoms with E-state index < -0.39 is 0 Å². The third-order valence-corrected chi connectivity index (χ3v) is 5.25. The second-order valence-electron chi connectivity index (χ2n) is 7.37. The van der Waals surface area contributed by atoms with Gasteiger partial charge in [-0.15, -0.1) is 0 Å². The van der Waals surface area contributed by atoms with Crippen molar-refractivity contribution in [2.45, 2.75) is 77.0 Å². The van der Waals surface area contributed by atoms with Gasteiger partial charge in [-0.1, -0.05) is 19.8 Å². The fraction of sp³-hybridized carbons (Fsp3) is 0.944. The zero-order valence-electron chi connectivity index (χ0n) is 14.8. The molecule has 0 bridgehead atoms. The largest absolute Gasteiger partial charge is 0.393 e. The highest BCUT2D eigenvalue weighted by Crippen LogP contribution is 2.26. The Morgan fingerprint density at radius 3 is 2.83 bits per heavy atom. The lowest BCUT2D eigenvalue weighted by molar-refractivity contribution is -0.123. The predicted octanol–water partition coefficient (Wildman–Crippen LogP) is 1.93. The average molecular weight is 326 g/mol. The fourth-order valence-corrected chi connectivity index (χ4v) is 3.93. The number of hydrogen-bond acceptors (Lipinski definition) is 4. The molecule has 5 nitrogen and oxygen atoms in total. The van der Waals surface area contributed by atoms with Gasteiger partial charge in [-0.05, 0) is 51.5 Å². The molecule has 1 saturated heterocycles. The van der Waals surface area contributed by atoms with E-state index in [0.29, 0.717) is 37.8 Å². The molecule has 0 aromatic heterocycles. The van der Waals surface area contributed by atoms with Crippen molar-refractivity contribution in [1.29, 1.82) is 0 Å². The highest BCUT2D eigenvalue weighted by atomic mass is 16.5. The summed E-state index contributed by atoms with van der Waals surface area (Å²) in [7, 11) is 0. The Balaban J connectivity index is 1.59. The van der Waals surface area contributed by atoms with E-state index in [2.05, 4.69) is 17.1 Å². The van der Waals surface area contributed by atoms with Crippen LogP contribution in [0.25, 0.3) is 0 Å². The number of nitrogens with one attached hydrogen (secondary N) is 1. The summed E-state index contributed by atoms with van der Waals surface area (Å²) in [6.07, 6.45) is 8.04. The van der Waals surface area contributed by atoms with Gasteiger partial charge in [-0.2, -0.15) is 0 Å². The van der Waals surface area contributed by atoms with Crippen LogP contribution in [0.3, 0.4) is 0 Å². The zero-order chi connectivity index (χ0) is 16.7. The number of nitrogens with zero attached hydrogens (tertiary/aromatic N) is 1. The van der Waals surface area contributed by atoms with E-state index in [-0.39, 0.29) is 12.0 Å². The van der Waals surface area contributed by atoms with Gasteiger partial charge in [0.2, 0.25) is 5.91 Å². The van der Waals surface area contributed by atoms with Gasteiger partial charge in [0.15, 0.2) is 0 Å². The molecule has 0 radical (unpaired) electrons. The first kappa shape index (κ1) is 18.7. The van der Waals surface area contributed by atoms with Crippen LogP contribution >= 0.6 is 0 Å². The Kier molecular flexibility index (Phi) is 7.80. The zero-order valence-corrected chi connectivity index (χ0v) is 14.8. The molecule has 1 saturated carbocycles. The number of carbonyl (C=O) groups is 1. The van der Waals surface area contributed by atoms with Crippen molar-refractivity contribution in [3.8, 4) is 0 Å². The van der Waals surface area contributed by atoms with Gasteiger partial charge in [0.05, 0.1) is 25.4 Å². The van der Waals surface area contributed by atoms with Crippen LogP contribution in [-0.2, 0) is 9.53 Å². The summed E-state index contributed by atoms with van der Waals surface area (Å²) in [5.41, 5.74) is 0. The van der Waals surface area contributed by atoms with Crippen molar-refractivity contribution in [2.75, 3.05) is 26.2 Å². The molecule has 1 aliphatic heterocycles. The van der Waals surface area contributed by atoms with E-state index in [9.17, 15) is 9.90 Å². The quantitative estimate of drug-likeness (QED) is 0.669. The van der Waals surface area contributed by atoms with Gasteiger partial charge in [0.1, 0.15) is 0 Å². The highest BCUT2D eigenvalue weighted by Gasteiger charge is 2.27. The fourth-order valence-electron chi connectivity index (χ4n) is 3.93. The van der Waals surface area contributed by atoms with E-state index in [0.717, 1.165) is 32.2 Å². The SMILES string of the molecule is CC(O)CC1CCCN1CC(=O)NCCOC1CCCCC1C. The van der Waals surface area contributed by atoms with Crippen molar-refractivity contribution in [1.82, 2.24) is 10.2 Å². The molecule has 0 aromatic carbocycles. The number of amides is 1. The molecule has 5 heteroatoms. The summed E-state index contributed by atoms with van der Waals surface area (Å²) in [5.74, 6) is 0.716. The summed E-state index contributed by atoms with van der Waals surface area (Å²) < 4.78 is 5.93. The highest BCUT2D eigenvalue weighted by molar-refractivity contribution is 5.78. The smallest absolute Gasteiger partial charge is 0.234 e. The maximum Gasteiger partial charge on any atom is 0.234 e. The third kappa shape index (κ3) is 6.40. The minimum absolute atomic E-state index is 0.0720. The monoisotopic (exact) mass is 326 g/mol. The van der Waals surface area contributed by atoms with Crippen LogP contribution in [0.4, 0.5) is 0 Å². The molecule has 0 spiro atoms. The Bertz CT molecular complexity index is 362. The van der Waals surface area contributed by atoms with Crippen LogP contribution in [0.5, 0.6) is 0 Å². The Morgan fingerprint density at radius 1 is 1.30 bits per heavy atom. The summed E-state index contributed by atoms with van der Waals surface area (Å²) in [4.78, 5) is 14.3. The molecule has 2 N–H and O–H groups in total. The van der Waals surface area contributed by atoms with Crippen LogP contribution in [0.1, 0.15) is 58.8 Å². The number of ether oxygens (including phenoxy) is 1. The van der Waals surface area contributed by atoms with Crippen LogP contribution in [0.2, 0.25) is 0 Å². The van der Waals surface area contributed by atoms with Crippen LogP contribution in [-0.4, -0.2) is 60.4 Å². The molecule has 1 heterocycles. The van der Waals surface area contributed by atoms with Gasteiger partial charge < -0.3 is 15.2 Å². The average Bonchev–Trinajstić information content (AvgIpc) is 2.91. The van der Waals surface area contributed by atoms with Gasteiger partial charge in [0, 0.05) is 12.6 Å². The van der Waals surface area contributed by atoms with E-state index in [1.54, 1.807) is 0 Å². The molecule has 1 aliphatic carbocycles. The second-order valence-corrected chi connectivity index (χ2v) is 7.37. The first-order chi connectivity index (χ1) is 11.1. The number of likely N-dealkylation sites (tertiary alicyclic amines) is 1. The molecule has 23 heavy (non-hydrogen) atoms. The summed E-state index contributed by atoms with van der Waals surface area (Å²) in [6, 6.07) is 0.347. The van der Waals surface area contributed by atoms with Crippen LogP contribution in [0.15, 0.2) is 0 Å². The molecule has 4 atom stereocenters. The van der Waals surface area contributed by atoms with Crippen molar-refractivity contribution >= 4 is 5.91 Å². The topological polar surface area (TPSA) is 61.8 Å². The van der Waals surface area contributed by atoms with Gasteiger partial charge in [-0.25, -0.2) is 0 Å². The van der Waals surface area contributed by atoms with Crippen molar-refractivity contribution in [3.63, 3.8) is 0 Å². The molecular weight excluding hydrogens is 292 g/mol. The van der Waals surface area contributed by atoms with Crippen molar-refractivity contribution < 1.29 is 14.6 Å². The van der Waals surface area contributed by atoms with Gasteiger partial charge in [0.25, 0.3) is 0 Å². The standard InChI is InChI=1S/C18H34N2O3/c1-14-6-3-4-8-17(14)23-11-9-19-18(22)13-20-10-5-7-16(20)12-15(2)21/h14-17,21H,3-13H2,1-2H3,(H,19,22). The number of rotatable bonds is 8. The molecular formula is C18H34N2O3. The minimum atomic E-state index is -0.297. The maximum atomic E-state index is 12.1. The third-order valence-electron chi connectivity index (χ3n) is 5.25. The molecule has 4 unspecified atom stereocenters. The number of aliphatic hydroxyl groups is 1. The predicted molar refractivity (Wildman–Crippen MR) is 91.3 cm³/mol.